The molecule has 0 spiro atoms. The van der Waals surface area contributed by atoms with Crippen LogP contribution in [-0.2, 0) is 9.36 Å². The fourth-order valence-corrected chi connectivity index (χ4v) is 4.59. The lowest BCUT2D eigenvalue weighted by molar-refractivity contribution is -0.137. The molecule has 0 bridgehead atoms. The van der Waals surface area contributed by atoms with Crippen LogP contribution in [0.1, 0.15) is 141 Å². The first-order valence-corrected chi connectivity index (χ1v) is 14.5. The number of rotatable bonds is 24. The highest BCUT2D eigenvalue weighted by atomic mass is 31.2. The summed E-state index contributed by atoms with van der Waals surface area (Å²) in [6.07, 6.45) is 26.1. The van der Waals surface area contributed by atoms with E-state index in [0.29, 0.717) is 12.8 Å². The Morgan fingerprint density at radius 1 is 0.467 bits per heavy atom. The molecule has 0 rings (SSSR count). The van der Waals surface area contributed by atoms with Crippen molar-refractivity contribution >= 4 is 13.6 Å². The van der Waals surface area contributed by atoms with Gasteiger partial charge in [0.2, 0.25) is 0 Å². The second-order valence-corrected chi connectivity index (χ2v) is 10.7. The zero-order chi connectivity index (χ0) is 22.3. The zero-order valence-electron chi connectivity index (χ0n) is 19.4. The van der Waals surface area contributed by atoms with E-state index in [1.54, 1.807) is 0 Å². The van der Waals surface area contributed by atoms with E-state index in [1.165, 1.54) is 103 Å². The summed E-state index contributed by atoms with van der Waals surface area (Å²) in [5.41, 5.74) is 0. The molecule has 0 atom stereocenters. The normalized spacial score (nSPS) is 11.8. The molecule has 0 aromatic heterocycles. The third-order valence-corrected chi connectivity index (χ3v) is 6.74. The van der Waals surface area contributed by atoms with Crippen LogP contribution in [0.4, 0.5) is 0 Å². The Bertz CT molecular complexity index is 422. The summed E-state index contributed by atoms with van der Waals surface area (Å²) < 4.78 is 10.7. The number of hydrogen-bond acceptors (Lipinski definition) is 2. The lowest BCUT2D eigenvalue weighted by atomic mass is 10.0. The second kappa shape index (κ2) is 21.8. The van der Waals surface area contributed by atoms with Crippen molar-refractivity contribution in [2.75, 3.05) is 6.16 Å². The van der Waals surface area contributed by atoms with Gasteiger partial charge in [0.25, 0.3) is 0 Å². The van der Waals surface area contributed by atoms with Crippen molar-refractivity contribution in [1.82, 2.24) is 0 Å². The monoisotopic (exact) mass is 448 g/mol. The molecule has 0 heterocycles. The van der Waals surface area contributed by atoms with E-state index in [1.807, 2.05) is 0 Å². The number of carboxylic acid groups (broad SMARTS) is 1. The lowest BCUT2D eigenvalue weighted by Crippen LogP contribution is -1.93. The van der Waals surface area contributed by atoms with Crippen molar-refractivity contribution in [2.45, 2.75) is 141 Å². The van der Waals surface area contributed by atoms with E-state index in [2.05, 4.69) is 0 Å². The van der Waals surface area contributed by atoms with Gasteiger partial charge in [-0.15, -0.1) is 0 Å². The molecule has 5 nitrogen and oxygen atoms in total. The van der Waals surface area contributed by atoms with Crippen molar-refractivity contribution in [1.29, 1.82) is 0 Å². The smallest absolute Gasteiger partial charge is 0.325 e. The summed E-state index contributed by atoms with van der Waals surface area (Å²) in [5, 5.41) is 8.58. The molecule has 30 heavy (non-hydrogen) atoms. The van der Waals surface area contributed by atoms with Crippen molar-refractivity contribution < 1.29 is 24.3 Å². The van der Waals surface area contributed by atoms with E-state index in [-0.39, 0.29) is 6.16 Å². The van der Waals surface area contributed by atoms with Crippen LogP contribution in [0.25, 0.3) is 0 Å². The van der Waals surface area contributed by atoms with Crippen LogP contribution in [-0.4, -0.2) is 27.0 Å². The summed E-state index contributed by atoms with van der Waals surface area (Å²) in [4.78, 5) is 28.0. The summed E-state index contributed by atoms with van der Waals surface area (Å²) in [6.45, 7) is 0. The van der Waals surface area contributed by atoms with Crippen LogP contribution in [0.15, 0.2) is 0 Å². The van der Waals surface area contributed by atoms with Gasteiger partial charge in [-0.2, -0.15) is 0 Å². The molecule has 0 saturated carbocycles. The summed E-state index contributed by atoms with van der Waals surface area (Å²) in [5.74, 6) is -0.669. The molecule has 0 saturated heterocycles. The largest absolute Gasteiger partial charge is 0.481 e. The standard InChI is InChI=1S/C24H49O5P/c25-24(26)22-20-18-16-14-12-10-8-6-4-2-1-3-5-7-9-11-13-15-17-19-21-23-30(27,28)29/h1-23H2,(H,25,26)(H2,27,28,29). The predicted molar refractivity (Wildman–Crippen MR) is 126 cm³/mol. The molecule has 0 aromatic rings. The van der Waals surface area contributed by atoms with E-state index < -0.39 is 13.6 Å². The Labute approximate surface area is 185 Å². The van der Waals surface area contributed by atoms with Crippen molar-refractivity contribution in [3.05, 3.63) is 0 Å². The van der Waals surface area contributed by atoms with E-state index in [9.17, 15) is 9.36 Å². The van der Waals surface area contributed by atoms with Gasteiger partial charge in [0.05, 0.1) is 0 Å². The van der Waals surface area contributed by atoms with Crippen molar-refractivity contribution in [3.63, 3.8) is 0 Å². The number of carboxylic acids is 1. The maximum atomic E-state index is 10.7. The first-order valence-electron chi connectivity index (χ1n) is 12.7. The van der Waals surface area contributed by atoms with E-state index in [0.717, 1.165) is 25.7 Å². The maximum absolute atomic E-state index is 10.7. The minimum absolute atomic E-state index is 0.0462. The van der Waals surface area contributed by atoms with Gasteiger partial charge in [-0.1, -0.05) is 122 Å². The Hall–Kier alpha value is -0.380. The topological polar surface area (TPSA) is 94.8 Å². The van der Waals surface area contributed by atoms with Crippen LogP contribution in [0.2, 0.25) is 0 Å². The molecule has 0 unspecified atom stereocenters. The fraction of sp³-hybridized carbons (Fsp3) is 0.958. The molecular formula is C24H49O5P. The van der Waals surface area contributed by atoms with Crippen molar-refractivity contribution in [3.8, 4) is 0 Å². The van der Waals surface area contributed by atoms with E-state index >= 15 is 0 Å². The van der Waals surface area contributed by atoms with Gasteiger partial charge in [-0.3, -0.25) is 9.36 Å². The highest BCUT2D eigenvalue weighted by molar-refractivity contribution is 7.51. The first kappa shape index (κ1) is 29.6. The number of aliphatic carboxylic acids is 1. The highest BCUT2D eigenvalue weighted by Gasteiger charge is 2.10. The Kier molecular flexibility index (Phi) is 21.6. The molecule has 0 aliphatic rings. The summed E-state index contributed by atoms with van der Waals surface area (Å²) in [6, 6.07) is 0. The number of unbranched alkanes of at least 4 members (excludes halogenated alkanes) is 20. The molecule has 0 aromatic carbocycles. The second-order valence-electron chi connectivity index (χ2n) is 8.96. The highest BCUT2D eigenvalue weighted by Crippen LogP contribution is 2.35. The Morgan fingerprint density at radius 2 is 0.700 bits per heavy atom. The number of carbonyl (C=O) groups is 1. The predicted octanol–water partition coefficient (Wildman–Crippen LogP) is 7.83. The van der Waals surface area contributed by atoms with Gasteiger partial charge >= 0.3 is 13.6 Å². The molecule has 0 amide bonds. The van der Waals surface area contributed by atoms with Gasteiger partial charge in [0.15, 0.2) is 0 Å². The maximum Gasteiger partial charge on any atom is 0.325 e. The first-order chi connectivity index (χ1) is 14.4. The molecule has 3 N–H and O–H groups in total. The third-order valence-electron chi connectivity index (χ3n) is 5.84. The SMILES string of the molecule is O=C(O)CCCCCCCCCCCCCCCCCCCCCCCP(=O)(O)O. The molecule has 0 fully saturated rings. The van der Waals surface area contributed by atoms with Gasteiger partial charge in [0.1, 0.15) is 0 Å². The Morgan fingerprint density at radius 3 is 0.933 bits per heavy atom. The molecule has 0 aliphatic carbocycles. The van der Waals surface area contributed by atoms with Gasteiger partial charge in [-0.25, -0.2) is 0 Å². The zero-order valence-corrected chi connectivity index (χ0v) is 20.3. The molecule has 180 valence electrons. The van der Waals surface area contributed by atoms with Crippen LogP contribution in [0, 0.1) is 0 Å². The van der Waals surface area contributed by atoms with Crippen LogP contribution >= 0.6 is 7.60 Å². The fourth-order valence-electron chi connectivity index (χ4n) is 3.95. The number of hydrogen-bond donors (Lipinski definition) is 3. The van der Waals surface area contributed by atoms with E-state index in [4.69, 9.17) is 14.9 Å². The van der Waals surface area contributed by atoms with Crippen LogP contribution in [0.5, 0.6) is 0 Å². The molecule has 0 radical (unpaired) electrons. The molecule has 0 aliphatic heterocycles. The van der Waals surface area contributed by atoms with Crippen molar-refractivity contribution in [2.24, 2.45) is 0 Å². The van der Waals surface area contributed by atoms with Gasteiger partial charge in [-0.05, 0) is 12.8 Å². The minimum atomic E-state index is -3.78. The average molecular weight is 449 g/mol. The quantitative estimate of drug-likeness (QED) is 0.103. The third kappa shape index (κ3) is 27.6. The van der Waals surface area contributed by atoms with Crippen LogP contribution in [0.3, 0.4) is 0 Å². The summed E-state index contributed by atoms with van der Waals surface area (Å²) >= 11 is 0. The average Bonchev–Trinajstić information content (AvgIpc) is 2.67. The Balaban J connectivity index is 3.05. The van der Waals surface area contributed by atoms with Crippen LogP contribution < -0.4 is 0 Å². The van der Waals surface area contributed by atoms with Gasteiger partial charge in [0, 0.05) is 12.6 Å². The molecule has 6 heteroatoms. The van der Waals surface area contributed by atoms with Gasteiger partial charge < -0.3 is 14.9 Å². The summed E-state index contributed by atoms with van der Waals surface area (Å²) in [7, 11) is -3.78. The lowest BCUT2D eigenvalue weighted by Gasteiger charge is -2.05. The minimum Gasteiger partial charge on any atom is -0.481 e. The molecular weight excluding hydrogens is 399 g/mol.